The summed E-state index contributed by atoms with van der Waals surface area (Å²) in [6.45, 7) is 2.75. The minimum Gasteiger partial charge on any atom is -0.495 e. The van der Waals surface area contributed by atoms with Crippen LogP contribution in [0.2, 0.25) is 0 Å². The molecule has 1 unspecified atom stereocenters. The molecule has 4 rings (SSSR count). The highest BCUT2D eigenvalue weighted by atomic mass is 127. The maximum atomic E-state index is 6.13. The number of aryl methyl sites for hydroxylation is 2. The van der Waals surface area contributed by atoms with Crippen LogP contribution in [-0.2, 0) is 12.8 Å². The molecule has 150 valence electrons. The molecule has 0 saturated carbocycles. The Bertz CT molecular complexity index is 839. The van der Waals surface area contributed by atoms with E-state index in [0.717, 1.165) is 43.2 Å². The maximum absolute atomic E-state index is 6.13. The summed E-state index contributed by atoms with van der Waals surface area (Å²) >= 11 is 0. The van der Waals surface area contributed by atoms with Crippen molar-refractivity contribution in [3.05, 3.63) is 53.6 Å². The molecule has 0 radical (unpaired) electrons. The highest BCUT2D eigenvalue weighted by Gasteiger charge is 2.24. The normalized spacial score (nSPS) is 18.5. The second kappa shape index (κ2) is 9.49. The lowest BCUT2D eigenvalue weighted by atomic mass is 10.1. The van der Waals surface area contributed by atoms with Gasteiger partial charge in [-0.1, -0.05) is 18.2 Å². The summed E-state index contributed by atoms with van der Waals surface area (Å²) in [6, 6.07) is 14.7. The van der Waals surface area contributed by atoms with Crippen molar-refractivity contribution in [2.45, 2.75) is 25.7 Å². The van der Waals surface area contributed by atoms with E-state index in [4.69, 9.17) is 10.5 Å². The number of anilines is 2. The molecule has 0 aromatic heterocycles. The highest BCUT2D eigenvalue weighted by Crippen LogP contribution is 2.32. The van der Waals surface area contributed by atoms with Crippen LogP contribution in [0.1, 0.15) is 24.0 Å². The first-order valence-electron chi connectivity index (χ1n) is 9.79. The number of para-hydroxylation sites is 2. The van der Waals surface area contributed by atoms with Crippen molar-refractivity contribution in [1.29, 1.82) is 0 Å². The summed E-state index contributed by atoms with van der Waals surface area (Å²) in [5.74, 6) is 1.94. The van der Waals surface area contributed by atoms with E-state index >= 15 is 0 Å². The number of benzene rings is 2. The lowest BCUT2D eigenvalue weighted by Crippen LogP contribution is -2.25. The van der Waals surface area contributed by atoms with Crippen LogP contribution < -0.4 is 20.7 Å². The number of aliphatic imine (C=N–C) groups is 1. The SMILES string of the molecule is COc1ccccc1N1CCC(CN=C(N)Nc2ccc3c(c2)CCC3)C1.I. The number of nitrogens with two attached hydrogens (primary N) is 1. The van der Waals surface area contributed by atoms with Crippen LogP contribution in [0.15, 0.2) is 47.5 Å². The van der Waals surface area contributed by atoms with Crippen LogP contribution in [0.5, 0.6) is 5.75 Å². The molecule has 1 fully saturated rings. The van der Waals surface area contributed by atoms with E-state index in [0.29, 0.717) is 11.9 Å². The van der Waals surface area contributed by atoms with Crippen molar-refractivity contribution in [2.75, 3.05) is 37.0 Å². The van der Waals surface area contributed by atoms with E-state index < -0.39 is 0 Å². The number of rotatable bonds is 5. The molecule has 1 heterocycles. The molecular formula is C22H29IN4O. The molecule has 0 spiro atoms. The fraction of sp³-hybridized carbons (Fsp3) is 0.409. The zero-order chi connectivity index (χ0) is 18.6. The van der Waals surface area contributed by atoms with Gasteiger partial charge in [-0.2, -0.15) is 0 Å². The number of guanidine groups is 1. The molecule has 1 aliphatic carbocycles. The predicted octanol–water partition coefficient (Wildman–Crippen LogP) is 4.06. The first-order valence-corrected chi connectivity index (χ1v) is 9.79. The quantitative estimate of drug-likeness (QED) is 0.376. The lowest BCUT2D eigenvalue weighted by molar-refractivity contribution is 0.414. The fourth-order valence-electron chi connectivity index (χ4n) is 4.16. The lowest BCUT2D eigenvalue weighted by Gasteiger charge is -2.21. The van der Waals surface area contributed by atoms with Crippen LogP contribution in [0.4, 0.5) is 11.4 Å². The molecule has 1 aliphatic heterocycles. The van der Waals surface area contributed by atoms with Gasteiger partial charge in [-0.25, -0.2) is 0 Å². The number of hydrogen-bond acceptors (Lipinski definition) is 3. The van der Waals surface area contributed by atoms with Crippen LogP contribution in [0, 0.1) is 5.92 Å². The van der Waals surface area contributed by atoms with Crippen molar-refractivity contribution in [3.8, 4) is 5.75 Å². The number of nitrogens with zero attached hydrogens (tertiary/aromatic N) is 2. The van der Waals surface area contributed by atoms with E-state index in [1.165, 1.54) is 30.4 Å². The second-order valence-corrected chi connectivity index (χ2v) is 7.46. The minimum absolute atomic E-state index is 0. The Hall–Kier alpha value is -1.96. The third kappa shape index (κ3) is 4.71. The Morgan fingerprint density at radius 1 is 1.21 bits per heavy atom. The zero-order valence-corrected chi connectivity index (χ0v) is 18.7. The molecule has 1 atom stereocenters. The Morgan fingerprint density at radius 2 is 2.04 bits per heavy atom. The first kappa shape index (κ1) is 20.8. The maximum Gasteiger partial charge on any atom is 0.193 e. The third-order valence-electron chi connectivity index (χ3n) is 5.60. The highest BCUT2D eigenvalue weighted by molar-refractivity contribution is 14.0. The summed E-state index contributed by atoms with van der Waals surface area (Å²) in [5.41, 5.74) is 11.2. The van der Waals surface area contributed by atoms with Crippen LogP contribution in [0.3, 0.4) is 0 Å². The minimum atomic E-state index is 0. The van der Waals surface area contributed by atoms with E-state index in [-0.39, 0.29) is 24.0 Å². The van der Waals surface area contributed by atoms with E-state index in [9.17, 15) is 0 Å². The average molecular weight is 492 g/mol. The number of halogens is 1. The molecule has 6 heteroatoms. The van der Waals surface area contributed by atoms with Crippen LogP contribution in [0.25, 0.3) is 0 Å². The molecule has 28 heavy (non-hydrogen) atoms. The second-order valence-electron chi connectivity index (χ2n) is 7.46. The van der Waals surface area contributed by atoms with Gasteiger partial charge in [0.2, 0.25) is 0 Å². The molecule has 5 nitrogen and oxygen atoms in total. The predicted molar refractivity (Wildman–Crippen MR) is 127 cm³/mol. The number of nitrogens with one attached hydrogen (secondary N) is 1. The summed E-state index contributed by atoms with van der Waals surface area (Å²) in [7, 11) is 1.72. The van der Waals surface area contributed by atoms with Gasteiger partial charge in [0.1, 0.15) is 5.75 Å². The largest absolute Gasteiger partial charge is 0.495 e. The number of hydrogen-bond donors (Lipinski definition) is 2. The summed E-state index contributed by atoms with van der Waals surface area (Å²) in [5, 5.41) is 3.25. The Labute approximate surface area is 184 Å². The van der Waals surface area contributed by atoms with Gasteiger partial charge < -0.3 is 20.7 Å². The summed E-state index contributed by atoms with van der Waals surface area (Å²) in [6.07, 6.45) is 4.74. The number of fused-ring (bicyclic) bond motifs is 1. The standard InChI is InChI=1S/C22H28N4O.HI/c1-27-21-8-3-2-7-20(21)26-12-11-16(15-26)14-24-22(23)25-19-10-9-17-5-4-6-18(17)13-19;/h2-3,7-10,13,16H,4-6,11-12,14-15H2,1H3,(H3,23,24,25);1H. The van der Waals surface area contributed by atoms with E-state index in [1.807, 2.05) is 12.1 Å². The third-order valence-corrected chi connectivity index (χ3v) is 5.60. The van der Waals surface area contributed by atoms with Gasteiger partial charge >= 0.3 is 0 Å². The Kier molecular flexibility index (Phi) is 7.04. The molecule has 0 bridgehead atoms. The molecule has 1 saturated heterocycles. The molecule has 0 amide bonds. The first-order chi connectivity index (χ1) is 13.2. The van der Waals surface area contributed by atoms with Crippen molar-refractivity contribution >= 4 is 41.3 Å². The van der Waals surface area contributed by atoms with Crippen molar-refractivity contribution in [3.63, 3.8) is 0 Å². The van der Waals surface area contributed by atoms with Gasteiger partial charge in [0.25, 0.3) is 0 Å². The Balaban J connectivity index is 0.00000225. The van der Waals surface area contributed by atoms with Crippen molar-refractivity contribution < 1.29 is 4.74 Å². The Morgan fingerprint density at radius 3 is 2.89 bits per heavy atom. The van der Waals surface area contributed by atoms with Crippen LogP contribution >= 0.6 is 24.0 Å². The van der Waals surface area contributed by atoms with Gasteiger partial charge in [-0.3, -0.25) is 4.99 Å². The van der Waals surface area contributed by atoms with Crippen molar-refractivity contribution in [2.24, 2.45) is 16.6 Å². The van der Waals surface area contributed by atoms with Crippen molar-refractivity contribution in [1.82, 2.24) is 0 Å². The molecule has 2 aromatic carbocycles. The van der Waals surface area contributed by atoms with E-state index in [1.54, 1.807) is 7.11 Å². The fourth-order valence-corrected chi connectivity index (χ4v) is 4.16. The number of methoxy groups -OCH3 is 1. The smallest absolute Gasteiger partial charge is 0.193 e. The van der Waals surface area contributed by atoms with Gasteiger partial charge in [0.15, 0.2) is 5.96 Å². The zero-order valence-electron chi connectivity index (χ0n) is 16.4. The molecular weight excluding hydrogens is 463 g/mol. The molecule has 2 aliphatic rings. The number of ether oxygens (including phenoxy) is 1. The summed E-state index contributed by atoms with van der Waals surface area (Å²) < 4.78 is 5.49. The van der Waals surface area contributed by atoms with Gasteiger partial charge in [0, 0.05) is 25.3 Å². The summed E-state index contributed by atoms with van der Waals surface area (Å²) in [4.78, 5) is 6.97. The average Bonchev–Trinajstić information content (AvgIpc) is 3.35. The van der Waals surface area contributed by atoms with Gasteiger partial charge in [-0.05, 0) is 67.0 Å². The topological polar surface area (TPSA) is 62.9 Å². The monoisotopic (exact) mass is 492 g/mol. The molecule has 3 N–H and O–H groups in total. The van der Waals surface area contributed by atoms with Gasteiger partial charge in [-0.15, -0.1) is 24.0 Å². The molecule has 2 aromatic rings. The van der Waals surface area contributed by atoms with Gasteiger partial charge in [0.05, 0.1) is 12.8 Å². The van der Waals surface area contributed by atoms with E-state index in [2.05, 4.69) is 45.5 Å². The van der Waals surface area contributed by atoms with Crippen LogP contribution in [-0.4, -0.2) is 32.7 Å².